The molecule has 8 heteroatoms. The predicted molar refractivity (Wildman–Crippen MR) is 95.4 cm³/mol. The Morgan fingerprint density at radius 1 is 1.12 bits per heavy atom. The highest BCUT2D eigenvalue weighted by Crippen LogP contribution is 2.14. The van der Waals surface area contributed by atoms with Crippen LogP contribution in [0.1, 0.15) is 15.9 Å². The summed E-state index contributed by atoms with van der Waals surface area (Å²) in [7, 11) is 0. The summed E-state index contributed by atoms with van der Waals surface area (Å²) in [5, 5.41) is 6.84. The van der Waals surface area contributed by atoms with Gasteiger partial charge in [-0.2, -0.15) is 5.10 Å². The summed E-state index contributed by atoms with van der Waals surface area (Å²) >= 11 is 0. The number of amides is 1. The SMILES string of the molecule is O=C(NCCn1cncn1)c1cnc2c(c1)ncn2Cc1ccccc1. The fourth-order valence-electron chi connectivity index (χ4n) is 2.70. The molecule has 0 fully saturated rings. The highest BCUT2D eigenvalue weighted by Gasteiger charge is 2.10. The van der Waals surface area contributed by atoms with Crippen LogP contribution in [-0.2, 0) is 13.1 Å². The Kier molecular flexibility index (Phi) is 4.38. The second-order valence-corrected chi connectivity index (χ2v) is 5.84. The van der Waals surface area contributed by atoms with E-state index >= 15 is 0 Å². The predicted octanol–water partition coefficient (Wildman–Crippen LogP) is 1.50. The molecule has 4 aromatic rings. The molecule has 1 amide bonds. The van der Waals surface area contributed by atoms with Crippen molar-refractivity contribution >= 4 is 17.1 Å². The van der Waals surface area contributed by atoms with Crippen LogP contribution in [0.15, 0.2) is 61.6 Å². The van der Waals surface area contributed by atoms with Gasteiger partial charge in [0.15, 0.2) is 5.65 Å². The van der Waals surface area contributed by atoms with Crippen molar-refractivity contribution in [2.75, 3.05) is 6.54 Å². The molecule has 3 heterocycles. The fraction of sp³-hybridized carbons (Fsp3) is 0.167. The van der Waals surface area contributed by atoms with E-state index in [4.69, 9.17) is 0 Å². The molecule has 26 heavy (non-hydrogen) atoms. The minimum absolute atomic E-state index is 0.183. The van der Waals surface area contributed by atoms with Crippen molar-refractivity contribution in [3.05, 3.63) is 72.7 Å². The molecule has 3 aromatic heterocycles. The lowest BCUT2D eigenvalue weighted by Crippen LogP contribution is -2.27. The highest BCUT2D eigenvalue weighted by atomic mass is 16.1. The van der Waals surface area contributed by atoms with Gasteiger partial charge in [0.05, 0.1) is 25.0 Å². The van der Waals surface area contributed by atoms with Gasteiger partial charge < -0.3 is 9.88 Å². The summed E-state index contributed by atoms with van der Waals surface area (Å²) in [4.78, 5) is 25.0. The number of rotatable bonds is 6. The second-order valence-electron chi connectivity index (χ2n) is 5.84. The van der Waals surface area contributed by atoms with Gasteiger partial charge in [0, 0.05) is 12.7 Å². The molecule has 1 aromatic carbocycles. The van der Waals surface area contributed by atoms with Crippen LogP contribution in [0.3, 0.4) is 0 Å². The van der Waals surface area contributed by atoms with Crippen LogP contribution in [0.2, 0.25) is 0 Å². The van der Waals surface area contributed by atoms with Crippen molar-refractivity contribution in [1.82, 2.24) is 34.6 Å². The molecule has 0 aliphatic carbocycles. The number of pyridine rings is 1. The van der Waals surface area contributed by atoms with Crippen LogP contribution >= 0.6 is 0 Å². The molecule has 0 unspecified atom stereocenters. The zero-order chi connectivity index (χ0) is 17.8. The second kappa shape index (κ2) is 7.14. The number of nitrogens with one attached hydrogen (secondary N) is 1. The number of hydrogen-bond acceptors (Lipinski definition) is 5. The van der Waals surface area contributed by atoms with E-state index in [9.17, 15) is 4.79 Å². The number of aromatic nitrogens is 6. The smallest absolute Gasteiger partial charge is 0.252 e. The van der Waals surface area contributed by atoms with Gasteiger partial charge in [-0.05, 0) is 11.6 Å². The molecule has 0 bridgehead atoms. The lowest BCUT2D eigenvalue weighted by molar-refractivity contribution is 0.0951. The Balaban J connectivity index is 1.45. The largest absolute Gasteiger partial charge is 0.350 e. The van der Waals surface area contributed by atoms with Gasteiger partial charge in [-0.1, -0.05) is 30.3 Å². The summed E-state index contributed by atoms with van der Waals surface area (Å²) < 4.78 is 3.63. The van der Waals surface area contributed by atoms with Gasteiger partial charge >= 0.3 is 0 Å². The molecule has 4 rings (SSSR count). The van der Waals surface area contributed by atoms with Gasteiger partial charge in [0.1, 0.15) is 18.2 Å². The lowest BCUT2D eigenvalue weighted by Gasteiger charge is -2.06. The topological polar surface area (TPSA) is 90.5 Å². The maximum atomic E-state index is 12.3. The number of imidazole rings is 1. The number of nitrogens with zero attached hydrogens (tertiary/aromatic N) is 6. The van der Waals surface area contributed by atoms with Crippen LogP contribution in [-0.4, -0.2) is 41.8 Å². The number of carbonyl (C=O) groups excluding carboxylic acids is 1. The normalized spacial score (nSPS) is 10.9. The van der Waals surface area contributed by atoms with Gasteiger partial charge in [-0.15, -0.1) is 0 Å². The molecular weight excluding hydrogens is 330 g/mol. The average molecular weight is 347 g/mol. The third-order valence-electron chi connectivity index (χ3n) is 4.01. The molecule has 0 saturated carbocycles. The van der Waals surface area contributed by atoms with E-state index in [1.54, 1.807) is 29.6 Å². The van der Waals surface area contributed by atoms with E-state index < -0.39 is 0 Å². The van der Waals surface area contributed by atoms with Crippen molar-refractivity contribution in [3.63, 3.8) is 0 Å². The number of fused-ring (bicyclic) bond motifs is 1. The van der Waals surface area contributed by atoms with Crippen LogP contribution in [0, 0.1) is 0 Å². The minimum Gasteiger partial charge on any atom is -0.350 e. The van der Waals surface area contributed by atoms with E-state index in [1.807, 2.05) is 22.8 Å². The van der Waals surface area contributed by atoms with Gasteiger partial charge in [-0.3, -0.25) is 9.48 Å². The Morgan fingerprint density at radius 3 is 2.81 bits per heavy atom. The molecule has 0 spiro atoms. The van der Waals surface area contributed by atoms with E-state index in [0.29, 0.717) is 30.7 Å². The first-order valence-electron chi connectivity index (χ1n) is 8.25. The number of benzene rings is 1. The van der Waals surface area contributed by atoms with Crippen molar-refractivity contribution in [2.45, 2.75) is 13.1 Å². The molecule has 0 aliphatic heterocycles. The number of hydrogen-bond donors (Lipinski definition) is 1. The molecule has 0 atom stereocenters. The summed E-state index contributed by atoms with van der Waals surface area (Å²) in [6.07, 6.45) is 6.40. The molecule has 0 radical (unpaired) electrons. The number of carbonyl (C=O) groups is 1. The van der Waals surface area contributed by atoms with E-state index in [1.165, 1.54) is 11.9 Å². The first-order valence-corrected chi connectivity index (χ1v) is 8.25. The summed E-state index contributed by atoms with van der Waals surface area (Å²) in [6, 6.07) is 11.9. The van der Waals surface area contributed by atoms with Crippen molar-refractivity contribution in [2.24, 2.45) is 0 Å². The molecule has 1 N–H and O–H groups in total. The Labute approximate surface area is 149 Å². The lowest BCUT2D eigenvalue weighted by atomic mass is 10.2. The van der Waals surface area contributed by atoms with Crippen molar-refractivity contribution in [3.8, 4) is 0 Å². The molecular formula is C18H17N7O. The zero-order valence-corrected chi connectivity index (χ0v) is 14.0. The third-order valence-corrected chi connectivity index (χ3v) is 4.01. The molecule has 8 nitrogen and oxygen atoms in total. The quantitative estimate of drug-likeness (QED) is 0.571. The summed E-state index contributed by atoms with van der Waals surface area (Å²) in [5.41, 5.74) is 3.11. The zero-order valence-electron chi connectivity index (χ0n) is 14.0. The summed E-state index contributed by atoms with van der Waals surface area (Å²) in [5.74, 6) is -0.183. The Morgan fingerprint density at radius 2 is 2.00 bits per heavy atom. The monoisotopic (exact) mass is 347 g/mol. The summed E-state index contributed by atoms with van der Waals surface area (Å²) in [6.45, 7) is 1.71. The van der Waals surface area contributed by atoms with Gasteiger partial charge in [-0.25, -0.2) is 15.0 Å². The first kappa shape index (κ1) is 15.9. The Hall–Kier alpha value is -3.55. The van der Waals surface area contributed by atoms with Gasteiger partial charge in [0.2, 0.25) is 0 Å². The minimum atomic E-state index is -0.183. The maximum Gasteiger partial charge on any atom is 0.252 e. The van der Waals surface area contributed by atoms with E-state index in [2.05, 4.69) is 37.5 Å². The molecule has 130 valence electrons. The standard InChI is InChI=1S/C18H17N7O/c26-18(20-6-7-25-12-19-11-23-25)15-8-16-17(21-9-15)24(13-22-16)10-14-4-2-1-3-5-14/h1-5,8-9,11-13H,6-7,10H2,(H,20,26). The van der Waals surface area contributed by atoms with Crippen LogP contribution < -0.4 is 5.32 Å². The van der Waals surface area contributed by atoms with Gasteiger partial charge in [0.25, 0.3) is 5.91 Å². The van der Waals surface area contributed by atoms with Crippen LogP contribution in [0.25, 0.3) is 11.2 Å². The first-order chi connectivity index (χ1) is 12.8. The van der Waals surface area contributed by atoms with E-state index in [-0.39, 0.29) is 5.91 Å². The molecule has 0 saturated heterocycles. The van der Waals surface area contributed by atoms with Crippen LogP contribution in [0.4, 0.5) is 0 Å². The average Bonchev–Trinajstić information content (AvgIpc) is 3.32. The fourth-order valence-corrected chi connectivity index (χ4v) is 2.70. The highest BCUT2D eigenvalue weighted by molar-refractivity contribution is 5.96. The van der Waals surface area contributed by atoms with Crippen molar-refractivity contribution in [1.29, 1.82) is 0 Å². The van der Waals surface area contributed by atoms with E-state index in [0.717, 1.165) is 5.65 Å². The Bertz CT molecular complexity index is 1010. The molecule has 0 aliphatic rings. The van der Waals surface area contributed by atoms with Crippen molar-refractivity contribution < 1.29 is 4.79 Å². The maximum absolute atomic E-state index is 12.3. The van der Waals surface area contributed by atoms with Crippen LogP contribution in [0.5, 0.6) is 0 Å². The third kappa shape index (κ3) is 3.44.